The van der Waals surface area contributed by atoms with Crippen molar-refractivity contribution in [2.45, 2.75) is 59.0 Å². The van der Waals surface area contributed by atoms with Gasteiger partial charge in [-0.05, 0) is 49.9 Å². The molecule has 3 aromatic rings. The molecule has 7 nitrogen and oxygen atoms in total. The molecule has 40 heavy (non-hydrogen) atoms. The number of anilines is 1. The maximum atomic E-state index is 13.8. The zero-order valence-electron chi connectivity index (χ0n) is 24.0. The van der Waals surface area contributed by atoms with Gasteiger partial charge in [-0.2, -0.15) is 0 Å². The predicted octanol–water partition coefficient (Wildman–Crippen LogP) is 5.02. The molecule has 0 aliphatic carbocycles. The van der Waals surface area contributed by atoms with Gasteiger partial charge in [0.15, 0.2) is 0 Å². The largest absolute Gasteiger partial charge is 0.354 e. The molecule has 0 heterocycles. The molecule has 2 amide bonds. The van der Waals surface area contributed by atoms with Crippen molar-refractivity contribution in [2.75, 3.05) is 23.7 Å². The summed E-state index contributed by atoms with van der Waals surface area (Å²) in [6.07, 6.45) is 2.77. The molecule has 0 saturated heterocycles. The number of carbonyl (C=O) groups is 2. The summed E-state index contributed by atoms with van der Waals surface area (Å²) in [5.41, 5.74) is 4.57. The quantitative estimate of drug-likeness (QED) is 0.299. The van der Waals surface area contributed by atoms with Crippen molar-refractivity contribution in [3.8, 4) is 0 Å². The van der Waals surface area contributed by atoms with Crippen LogP contribution >= 0.6 is 0 Å². The summed E-state index contributed by atoms with van der Waals surface area (Å²) >= 11 is 0. The van der Waals surface area contributed by atoms with E-state index < -0.39 is 16.1 Å². The van der Waals surface area contributed by atoms with Crippen LogP contribution < -0.4 is 9.62 Å². The van der Waals surface area contributed by atoms with Gasteiger partial charge in [-0.25, -0.2) is 8.42 Å². The maximum Gasteiger partial charge on any atom is 0.243 e. The molecule has 1 unspecified atom stereocenters. The molecule has 0 spiro atoms. The number of nitrogens with zero attached hydrogens (tertiary/aromatic N) is 2. The molecule has 214 valence electrons. The van der Waals surface area contributed by atoms with Gasteiger partial charge >= 0.3 is 0 Å². The van der Waals surface area contributed by atoms with Crippen LogP contribution in [0.1, 0.15) is 48.4 Å². The molecule has 0 aliphatic heterocycles. The number of sulfonamides is 1. The van der Waals surface area contributed by atoms with Crippen LogP contribution in [0.4, 0.5) is 5.69 Å². The van der Waals surface area contributed by atoms with Crippen molar-refractivity contribution < 1.29 is 18.0 Å². The minimum atomic E-state index is -3.54. The standard InChI is InChI=1S/C32H41N3O4S/c1-5-20-33-32(37)30(23-27-12-7-6-8-13-27)34(24-28-14-9-11-26(3)22-28)31(36)15-10-21-35(40(4,38)39)29-18-16-25(2)17-19-29/h6-9,11-14,16-19,22,30H,5,10,15,20-21,23-24H2,1-4H3,(H,33,37). The van der Waals surface area contributed by atoms with E-state index in [4.69, 9.17) is 0 Å². The van der Waals surface area contributed by atoms with Gasteiger partial charge in [-0.1, -0.05) is 84.8 Å². The van der Waals surface area contributed by atoms with Crippen LogP contribution in [0, 0.1) is 13.8 Å². The van der Waals surface area contributed by atoms with Gasteiger partial charge in [-0.3, -0.25) is 13.9 Å². The molecule has 1 N–H and O–H groups in total. The van der Waals surface area contributed by atoms with Crippen LogP contribution in [0.15, 0.2) is 78.9 Å². The lowest BCUT2D eigenvalue weighted by Gasteiger charge is -2.32. The molecular formula is C32H41N3O4S. The molecule has 3 aromatic carbocycles. The third-order valence-corrected chi connectivity index (χ3v) is 7.92. The van der Waals surface area contributed by atoms with E-state index in [2.05, 4.69) is 5.32 Å². The molecule has 3 rings (SSSR count). The molecule has 0 bridgehead atoms. The highest BCUT2D eigenvalue weighted by atomic mass is 32.2. The van der Waals surface area contributed by atoms with Crippen molar-refractivity contribution in [1.82, 2.24) is 10.2 Å². The first-order chi connectivity index (χ1) is 19.1. The second kappa shape index (κ2) is 14.7. The van der Waals surface area contributed by atoms with Gasteiger partial charge in [-0.15, -0.1) is 0 Å². The molecule has 0 fully saturated rings. The predicted molar refractivity (Wildman–Crippen MR) is 162 cm³/mol. The summed E-state index contributed by atoms with van der Waals surface area (Å²) in [5, 5.41) is 2.99. The third-order valence-electron chi connectivity index (χ3n) is 6.73. The average Bonchev–Trinajstić information content (AvgIpc) is 2.92. The first-order valence-electron chi connectivity index (χ1n) is 13.8. The normalized spacial score (nSPS) is 12.0. The average molecular weight is 564 g/mol. The highest BCUT2D eigenvalue weighted by molar-refractivity contribution is 7.92. The Kier molecular flexibility index (Phi) is 11.3. The van der Waals surface area contributed by atoms with E-state index in [-0.39, 0.29) is 31.3 Å². The van der Waals surface area contributed by atoms with Gasteiger partial charge in [0, 0.05) is 32.5 Å². The van der Waals surface area contributed by atoms with Gasteiger partial charge in [0.25, 0.3) is 0 Å². The number of benzene rings is 3. The fourth-order valence-corrected chi connectivity index (χ4v) is 5.61. The highest BCUT2D eigenvalue weighted by Crippen LogP contribution is 2.21. The second-order valence-electron chi connectivity index (χ2n) is 10.3. The van der Waals surface area contributed by atoms with E-state index in [1.54, 1.807) is 17.0 Å². The van der Waals surface area contributed by atoms with Crippen molar-refractivity contribution in [3.63, 3.8) is 0 Å². The molecule has 0 radical (unpaired) electrons. The lowest BCUT2D eigenvalue weighted by atomic mass is 10.0. The van der Waals surface area contributed by atoms with Crippen LogP contribution in [0.2, 0.25) is 0 Å². The van der Waals surface area contributed by atoms with Crippen LogP contribution in [0.3, 0.4) is 0 Å². The Balaban J connectivity index is 1.86. The molecule has 8 heteroatoms. The minimum absolute atomic E-state index is 0.107. The third kappa shape index (κ3) is 9.23. The fourth-order valence-electron chi connectivity index (χ4n) is 4.64. The Morgan fingerprint density at radius 2 is 1.55 bits per heavy atom. The van der Waals surface area contributed by atoms with E-state index in [9.17, 15) is 18.0 Å². The summed E-state index contributed by atoms with van der Waals surface area (Å²) in [5.74, 6) is -0.379. The smallest absolute Gasteiger partial charge is 0.243 e. The van der Waals surface area contributed by atoms with Crippen LogP contribution in [0.25, 0.3) is 0 Å². The van der Waals surface area contributed by atoms with E-state index in [1.807, 2.05) is 87.5 Å². The zero-order chi connectivity index (χ0) is 29.1. The first kappa shape index (κ1) is 30.9. The number of amides is 2. The van der Waals surface area contributed by atoms with Crippen LogP contribution in [-0.2, 0) is 32.6 Å². The Bertz CT molecular complexity index is 1360. The molecule has 0 aromatic heterocycles. The maximum absolute atomic E-state index is 13.8. The fraction of sp³-hybridized carbons (Fsp3) is 0.375. The second-order valence-corrected chi connectivity index (χ2v) is 12.2. The lowest BCUT2D eigenvalue weighted by molar-refractivity contribution is -0.141. The Morgan fingerprint density at radius 1 is 0.875 bits per heavy atom. The molecular weight excluding hydrogens is 522 g/mol. The van der Waals surface area contributed by atoms with E-state index in [1.165, 1.54) is 10.6 Å². The van der Waals surface area contributed by atoms with Gasteiger partial charge in [0.2, 0.25) is 21.8 Å². The highest BCUT2D eigenvalue weighted by Gasteiger charge is 2.30. The number of hydrogen-bond donors (Lipinski definition) is 1. The summed E-state index contributed by atoms with van der Waals surface area (Å²) in [4.78, 5) is 28.9. The summed E-state index contributed by atoms with van der Waals surface area (Å²) < 4.78 is 26.5. The van der Waals surface area contributed by atoms with Crippen molar-refractivity contribution in [1.29, 1.82) is 0 Å². The number of rotatable bonds is 14. The molecule has 0 saturated carbocycles. The van der Waals surface area contributed by atoms with Gasteiger partial charge < -0.3 is 10.2 Å². The van der Waals surface area contributed by atoms with Crippen molar-refractivity contribution >= 4 is 27.5 Å². The van der Waals surface area contributed by atoms with Gasteiger partial charge in [0.1, 0.15) is 6.04 Å². The summed E-state index contributed by atoms with van der Waals surface area (Å²) in [7, 11) is -3.54. The van der Waals surface area contributed by atoms with E-state index >= 15 is 0 Å². The summed E-state index contributed by atoms with van der Waals surface area (Å²) in [6.45, 7) is 6.90. The van der Waals surface area contributed by atoms with E-state index in [0.717, 1.165) is 28.7 Å². The van der Waals surface area contributed by atoms with Gasteiger partial charge in [0.05, 0.1) is 11.9 Å². The number of aryl methyl sites for hydroxylation is 2. The number of carbonyl (C=O) groups excluding carboxylic acids is 2. The monoisotopic (exact) mass is 563 g/mol. The zero-order valence-corrected chi connectivity index (χ0v) is 24.8. The first-order valence-corrected chi connectivity index (χ1v) is 15.6. The summed E-state index contributed by atoms with van der Waals surface area (Å²) in [6, 6.07) is 24.2. The molecule has 1 atom stereocenters. The SMILES string of the molecule is CCCNC(=O)C(Cc1ccccc1)N(Cc1cccc(C)c1)C(=O)CCCN(c1ccc(C)cc1)S(C)(=O)=O. The Hall–Kier alpha value is -3.65. The topological polar surface area (TPSA) is 86.8 Å². The number of nitrogens with one attached hydrogen (secondary N) is 1. The van der Waals surface area contributed by atoms with E-state index in [0.29, 0.717) is 25.1 Å². The lowest BCUT2D eigenvalue weighted by Crippen LogP contribution is -2.50. The van der Waals surface area contributed by atoms with Crippen molar-refractivity contribution in [3.05, 3.63) is 101 Å². The Morgan fingerprint density at radius 3 is 2.17 bits per heavy atom. The minimum Gasteiger partial charge on any atom is -0.354 e. The van der Waals surface area contributed by atoms with Crippen LogP contribution in [-0.4, -0.2) is 50.5 Å². The number of hydrogen-bond acceptors (Lipinski definition) is 4. The molecule has 0 aliphatic rings. The van der Waals surface area contributed by atoms with Crippen LogP contribution in [0.5, 0.6) is 0 Å². The van der Waals surface area contributed by atoms with Crippen molar-refractivity contribution in [2.24, 2.45) is 0 Å². The Labute approximate surface area is 239 Å².